The molecule has 2 aromatic carbocycles. The van der Waals surface area contributed by atoms with Gasteiger partial charge in [0.1, 0.15) is 0 Å². The molecule has 0 fully saturated rings. The minimum absolute atomic E-state index is 0.557. The van der Waals surface area contributed by atoms with E-state index in [1.807, 2.05) is 17.9 Å². The summed E-state index contributed by atoms with van der Waals surface area (Å²) in [5, 5.41) is 7.28. The average Bonchev–Trinajstić information content (AvgIpc) is 2.88. The van der Waals surface area contributed by atoms with Gasteiger partial charge in [0.15, 0.2) is 0 Å². The van der Waals surface area contributed by atoms with Crippen molar-refractivity contribution >= 4 is 24.0 Å². The van der Waals surface area contributed by atoms with E-state index in [9.17, 15) is 0 Å². The van der Waals surface area contributed by atoms with Crippen molar-refractivity contribution in [3.05, 3.63) is 72.9 Å². The van der Waals surface area contributed by atoms with Crippen LogP contribution in [0.3, 0.4) is 0 Å². The van der Waals surface area contributed by atoms with E-state index in [2.05, 4.69) is 71.8 Å². The van der Waals surface area contributed by atoms with Crippen LogP contribution in [0.2, 0.25) is 0 Å². The van der Waals surface area contributed by atoms with Crippen LogP contribution in [0.25, 0.3) is 0 Å². The fourth-order valence-corrected chi connectivity index (χ4v) is 4.30. The summed E-state index contributed by atoms with van der Waals surface area (Å²) in [5.41, 5.74) is 1.15. The van der Waals surface area contributed by atoms with E-state index >= 15 is 0 Å². The maximum atomic E-state index is 4.61. The third kappa shape index (κ3) is 2.59. The normalized spacial score (nSPS) is 10.8. The van der Waals surface area contributed by atoms with E-state index in [1.165, 1.54) is 10.6 Å². The molecule has 0 N–H and O–H groups in total. The molecule has 0 bridgehead atoms. The first-order valence-electron chi connectivity index (χ1n) is 6.24. The first-order valence-corrected chi connectivity index (χ1v) is 7.58. The lowest BCUT2D eigenvalue weighted by Gasteiger charge is -2.16. The molecule has 19 heavy (non-hydrogen) atoms. The molecule has 0 radical (unpaired) electrons. The zero-order chi connectivity index (χ0) is 13.1. The van der Waals surface area contributed by atoms with Gasteiger partial charge in [-0.15, -0.1) is 0 Å². The SMILES string of the molecule is Cn1ccc(P(c2ccccc2)c2ccccc2)n1. The number of benzene rings is 2. The molecular weight excluding hydrogens is 251 g/mol. The molecule has 1 aromatic heterocycles. The molecule has 3 rings (SSSR count). The van der Waals surface area contributed by atoms with Crippen LogP contribution in [0.15, 0.2) is 72.9 Å². The molecule has 0 amide bonds. The second-order valence-electron chi connectivity index (χ2n) is 4.35. The van der Waals surface area contributed by atoms with Gasteiger partial charge in [-0.05, 0) is 16.7 Å². The van der Waals surface area contributed by atoms with E-state index < -0.39 is 7.92 Å². The summed E-state index contributed by atoms with van der Waals surface area (Å²) in [6.45, 7) is 0. The Labute approximate surface area is 114 Å². The molecule has 0 saturated heterocycles. The summed E-state index contributed by atoms with van der Waals surface area (Å²) in [6, 6.07) is 23.4. The molecule has 2 nitrogen and oxygen atoms in total. The monoisotopic (exact) mass is 266 g/mol. The predicted octanol–water partition coefficient (Wildman–Crippen LogP) is 2.18. The van der Waals surface area contributed by atoms with Crippen LogP contribution >= 0.6 is 7.92 Å². The number of hydrogen-bond acceptors (Lipinski definition) is 1. The van der Waals surface area contributed by atoms with Crippen molar-refractivity contribution in [1.82, 2.24) is 9.78 Å². The Morgan fingerprint density at radius 1 is 0.789 bits per heavy atom. The Balaban J connectivity index is 2.11. The molecule has 0 aliphatic heterocycles. The third-order valence-corrected chi connectivity index (χ3v) is 5.28. The molecule has 0 aliphatic carbocycles. The van der Waals surface area contributed by atoms with E-state index in [0.29, 0.717) is 0 Å². The zero-order valence-electron chi connectivity index (χ0n) is 10.8. The Bertz CT molecular complexity index is 607. The summed E-state index contributed by atoms with van der Waals surface area (Å²) < 4.78 is 1.87. The number of nitrogens with zero attached hydrogens (tertiary/aromatic N) is 2. The molecule has 0 aliphatic rings. The smallest absolute Gasteiger partial charge is 0.0940 e. The van der Waals surface area contributed by atoms with Gasteiger partial charge in [-0.25, -0.2) is 0 Å². The fourth-order valence-electron chi connectivity index (χ4n) is 2.09. The highest BCUT2D eigenvalue weighted by molar-refractivity contribution is 7.79. The van der Waals surface area contributed by atoms with Crippen molar-refractivity contribution in [2.45, 2.75) is 0 Å². The molecular formula is C16H15N2P. The minimum Gasteiger partial charge on any atom is -0.275 e. The van der Waals surface area contributed by atoms with Crippen LogP contribution in [0, 0.1) is 0 Å². The lowest BCUT2D eigenvalue weighted by atomic mass is 10.4. The lowest BCUT2D eigenvalue weighted by molar-refractivity contribution is 0.776. The first-order chi connectivity index (χ1) is 9.34. The Kier molecular flexibility index (Phi) is 3.43. The van der Waals surface area contributed by atoms with Gasteiger partial charge in [0, 0.05) is 21.2 Å². The highest BCUT2D eigenvalue weighted by Gasteiger charge is 2.18. The highest BCUT2D eigenvalue weighted by Crippen LogP contribution is 2.31. The van der Waals surface area contributed by atoms with Gasteiger partial charge >= 0.3 is 0 Å². The van der Waals surface area contributed by atoms with Crippen molar-refractivity contribution in [1.29, 1.82) is 0 Å². The van der Waals surface area contributed by atoms with Gasteiger partial charge in [-0.2, -0.15) is 5.10 Å². The van der Waals surface area contributed by atoms with E-state index in [0.717, 1.165) is 5.44 Å². The largest absolute Gasteiger partial charge is 0.275 e. The van der Waals surface area contributed by atoms with Crippen LogP contribution < -0.4 is 16.0 Å². The number of hydrogen-bond donors (Lipinski definition) is 0. The van der Waals surface area contributed by atoms with Crippen molar-refractivity contribution in [3.63, 3.8) is 0 Å². The lowest BCUT2D eigenvalue weighted by Crippen LogP contribution is -2.21. The van der Waals surface area contributed by atoms with Crippen LogP contribution in [0.1, 0.15) is 0 Å². The molecule has 3 aromatic rings. The van der Waals surface area contributed by atoms with Crippen LogP contribution in [-0.4, -0.2) is 9.78 Å². The topological polar surface area (TPSA) is 17.8 Å². The summed E-state index contributed by atoms with van der Waals surface area (Å²) in [5.74, 6) is 0. The Morgan fingerprint density at radius 3 is 1.74 bits per heavy atom. The summed E-state index contributed by atoms with van der Waals surface area (Å²) in [6.07, 6.45) is 2.01. The van der Waals surface area contributed by atoms with E-state index in [4.69, 9.17) is 0 Å². The van der Waals surface area contributed by atoms with Crippen LogP contribution in [0.4, 0.5) is 0 Å². The zero-order valence-corrected chi connectivity index (χ0v) is 11.7. The second-order valence-corrected chi connectivity index (χ2v) is 6.52. The minimum atomic E-state index is -0.557. The standard InChI is InChI=1S/C16H15N2P/c1-18-13-12-16(17-18)19(14-8-4-2-5-9-14)15-10-6-3-7-11-15/h2-13H,1H3. The van der Waals surface area contributed by atoms with Gasteiger partial charge in [0.05, 0.1) is 5.44 Å². The molecule has 94 valence electrons. The van der Waals surface area contributed by atoms with Crippen molar-refractivity contribution in [2.75, 3.05) is 0 Å². The average molecular weight is 266 g/mol. The van der Waals surface area contributed by atoms with E-state index in [-0.39, 0.29) is 0 Å². The van der Waals surface area contributed by atoms with Gasteiger partial charge in [0.25, 0.3) is 0 Å². The molecule has 1 heterocycles. The van der Waals surface area contributed by atoms with Gasteiger partial charge < -0.3 is 0 Å². The summed E-state index contributed by atoms with van der Waals surface area (Å²) in [4.78, 5) is 0. The second kappa shape index (κ2) is 5.38. The predicted molar refractivity (Wildman–Crippen MR) is 81.9 cm³/mol. The van der Waals surface area contributed by atoms with Crippen LogP contribution in [0.5, 0.6) is 0 Å². The summed E-state index contributed by atoms with van der Waals surface area (Å²) in [7, 11) is 1.41. The Morgan fingerprint density at radius 2 is 1.32 bits per heavy atom. The number of rotatable bonds is 3. The van der Waals surface area contributed by atoms with Gasteiger partial charge in [-0.3, -0.25) is 4.68 Å². The maximum absolute atomic E-state index is 4.61. The highest BCUT2D eigenvalue weighted by atomic mass is 31.1. The molecule has 0 unspecified atom stereocenters. The number of aryl methyl sites for hydroxylation is 1. The van der Waals surface area contributed by atoms with Crippen molar-refractivity contribution in [3.8, 4) is 0 Å². The Hall–Kier alpha value is -1.92. The van der Waals surface area contributed by atoms with Crippen molar-refractivity contribution < 1.29 is 0 Å². The van der Waals surface area contributed by atoms with Crippen LogP contribution in [-0.2, 0) is 7.05 Å². The molecule has 0 saturated carbocycles. The molecule has 0 atom stereocenters. The van der Waals surface area contributed by atoms with Crippen molar-refractivity contribution in [2.24, 2.45) is 7.05 Å². The molecule has 3 heteroatoms. The number of aromatic nitrogens is 2. The fraction of sp³-hybridized carbons (Fsp3) is 0.0625. The quantitative estimate of drug-likeness (QED) is 0.664. The summed E-state index contributed by atoms with van der Waals surface area (Å²) >= 11 is 0. The first kappa shape index (κ1) is 12.1. The van der Waals surface area contributed by atoms with Gasteiger partial charge in [0.2, 0.25) is 0 Å². The van der Waals surface area contributed by atoms with E-state index in [1.54, 1.807) is 0 Å². The third-order valence-electron chi connectivity index (χ3n) is 2.96. The van der Waals surface area contributed by atoms with Gasteiger partial charge in [-0.1, -0.05) is 60.7 Å². The maximum Gasteiger partial charge on any atom is 0.0940 e. The molecule has 0 spiro atoms.